The van der Waals surface area contributed by atoms with Gasteiger partial charge >= 0.3 is 62.2 Å². The number of carbonyl (C=O) groups excluding carboxylic acids is 4. The number of para-hydroxylation sites is 1. The first kappa shape index (κ1) is 99.6. The van der Waals surface area contributed by atoms with Crippen LogP contribution >= 0.6 is 11.3 Å². The second-order valence-electron chi connectivity index (χ2n) is 30.4. The fraction of sp³-hybridized carbons (Fsp3) is 0.215. The maximum atomic E-state index is 13.9. The van der Waals surface area contributed by atoms with E-state index in [2.05, 4.69) is 75.5 Å². The van der Waals surface area contributed by atoms with E-state index < -0.39 is 113 Å². The number of aromatic nitrogens is 5. The Labute approximate surface area is 756 Å². The predicted octanol–water partition coefficient (Wildman–Crippen LogP) is 23.5. The number of amides is 6. The SMILES string of the molecule is CCOC(=O)c1csc(NC(=O)NC(Cc2ccccc2)(c2cccc(OC(F)(F)F)c2)c2cccc(OC(F)(F)F)c2)n1.Cc1cc(NC(=O)NC(Cc2ccccc2)(c2cccc(OC(F)(F)F)c2)c2cccc(OC(F)(F)F)c2)n(-c2ccccc2)n1.Cn1nc(C(C)(C)C)cc1NC(=O)NC(Cc1ccccc1)(c1cccc(OC(F)(F)F)c1)c1cccc(OC(F)(F)F)c1. The highest BCUT2D eigenvalue weighted by Crippen LogP contribution is 2.44. The highest BCUT2D eigenvalue weighted by Gasteiger charge is 2.45. The molecule has 10 aromatic carbocycles. The van der Waals surface area contributed by atoms with Crippen molar-refractivity contribution in [1.29, 1.82) is 0 Å². The van der Waals surface area contributed by atoms with Crippen LogP contribution in [-0.4, -0.2) is 93.4 Å². The lowest BCUT2D eigenvalue weighted by Crippen LogP contribution is -2.50. The van der Waals surface area contributed by atoms with Gasteiger partial charge in [0.15, 0.2) is 10.8 Å². The van der Waals surface area contributed by atoms with Gasteiger partial charge in [0, 0.05) is 49.2 Å². The fourth-order valence-corrected chi connectivity index (χ4v) is 14.8. The molecule has 0 spiro atoms. The first-order chi connectivity index (χ1) is 63.0. The van der Waals surface area contributed by atoms with E-state index in [4.69, 9.17) is 4.74 Å². The minimum Gasteiger partial charge on any atom is -0.461 e. The maximum absolute atomic E-state index is 13.9. The van der Waals surface area contributed by atoms with E-state index in [0.29, 0.717) is 39.6 Å². The third-order valence-electron chi connectivity index (χ3n) is 19.5. The van der Waals surface area contributed by atoms with E-state index in [1.165, 1.54) is 87.5 Å². The second-order valence-corrected chi connectivity index (χ2v) is 31.2. The van der Waals surface area contributed by atoms with Gasteiger partial charge in [0.05, 0.1) is 40.3 Å². The topological polar surface area (TPSA) is 254 Å². The molecule has 0 aliphatic heterocycles. The molecule has 704 valence electrons. The van der Waals surface area contributed by atoms with Crippen LogP contribution < -0.4 is 60.3 Å². The van der Waals surface area contributed by atoms with Gasteiger partial charge in [0.2, 0.25) is 0 Å². The van der Waals surface area contributed by atoms with Crippen LogP contribution in [-0.2, 0) is 53.1 Å². The summed E-state index contributed by atoms with van der Waals surface area (Å²) in [5.74, 6) is -3.76. The Bertz CT molecular complexity index is 5970. The number of nitrogens with one attached hydrogen (secondary N) is 6. The molecule has 0 saturated carbocycles. The standard InChI is InChI=1S/C33H26F6N4O3.C31H30F6N4O3.C29H23F6N3O5S/c1-22-18-29(43(42-22)26-14-6-3-7-15-26)40-30(44)41-31(21-23-10-4-2-5-11-23,24-12-8-16-27(19-24)45-32(34,35)36)25-13-9-17-28(20-25)46-33(37,38)39;1-28(2,3)25-18-26(41(4)40-25)38-27(42)39-29(19-20-10-6-5-7-11-20,21-12-8-14-23(16-21)43-30(32,33)34)22-13-9-15-24(17-22)44-31(35,36)37;1-2-41-24(39)23-17-44-26(36-23)37-25(40)38-27(16-18-8-4-3-5-9-18,19-10-6-12-21(14-19)42-28(30,31)32)20-11-7-13-22(15-20)43-29(33,34)35/h2-20H,21H2,1H3,(H2,40,41,44);5-18H,19H2,1-4H3,(H2,38,39,42);3-15,17H,2,16H2,1H3,(H2,36,37,38,40). The molecular weight excluding hydrogens is 1820 g/mol. The Kier molecular flexibility index (Phi) is 31.0. The van der Waals surface area contributed by atoms with Crippen molar-refractivity contribution >= 4 is 52.2 Å². The number of nitrogens with zero attached hydrogens (tertiary/aromatic N) is 5. The molecule has 0 radical (unpaired) electrons. The molecule has 0 atom stereocenters. The summed E-state index contributed by atoms with van der Waals surface area (Å²) in [6, 6.07) is 64.3. The molecule has 13 rings (SSSR count). The first-order valence-corrected chi connectivity index (χ1v) is 40.7. The molecule has 0 aliphatic rings. The van der Waals surface area contributed by atoms with Gasteiger partial charge < -0.3 is 49.1 Å². The van der Waals surface area contributed by atoms with Crippen molar-refractivity contribution in [2.45, 2.75) is 114 Å². The number of halogens is 18. The molecule has 41 heteroatoms. The van der Waals surface area contributed by atoms with E-state index in [1.807, 2.05) is 26.8 Å². The summed E-state index contributed by atoms with van der Waals surface area (Å²) in [7, 11) is 1.62. The number of thiazole rings is 1. The summed E-state index contributed by atoms with van der Waals surface area (Å²) in [5.41, 5.74) is -1.58. The summed E-state index contributed by atoms with van der Waals surface area (Å²) in [6.07, 6.45) is -30.5. The largest absolute Gasteiger partial charge is 0.573 e. The molecule has 0 bridgehead atoms. The van der Waals surface area contributed by atoms with Crippen molar-refractivity contribution in [3.05, 3.63) is 352 Å². The van der Waals surface area contributed by atoms with Crippen LogP contribution in [0.3, 0.4) is 0 Å². The molecule has 0 aliphatic carbocycles. The zero-order valence-electron chi connectivity index (χ0n) is 70.9. The van der Waals surface area contributed by atoms with E-state index in [0.717, 1.165) is 84.1 Å². The third kappa shape index (κ3) is 28.5. The number of esters is 1. The summed E-state index contributed by atoms with van der Waals surface area (Å²) in [6.45, 7) is 9.24. The Morgan fingerprint density at radius 2 is 0.649 bits per heavy atom. The first-order valence-electron chi connectivity index (χ1n) is 39.9. The molecule has 0 unspecified atom stereocenters. The van der Waals surface area contributed by atoms with Crippen molar-refractivity contribution in [3.8, 4) is 40.2 Å². The van der Waals surface area contributed by atoms with Crippen molar-refractivity contribution in [2.75, 3.05) is 22.6 Å². The van der Waals surface area contributed by atoms with Crippen LogP contribution in [0.5, 0.6) is 34.5 Å². The van der Waals surface area contributed by atoms with Gasteiger partial charge in [-0.25, -0.2) is 28.8 Å². The van der Waals surface area contributed by atoms with Crippen molar-refractivity contribution in [2.24, 2.45) is 7.05 Å². The van der Waals surface area contributed by atoms with Crippen LogP contribution in [0.1, 0.15) is 99.6 Å². The molecule has 3 heterocycles. The smallest absolute Gasteiger partial charge is 0.461 e. The molecule has 6 N–H and O–H groups in total. The quantitative estimate of drug-likeness (QED) is 0.0207. The van der Waals surface area contributed by atoms with Crippen molar-refractivity contribution in [3.63, 3.8) is 0 Å². The van der Waals surface area contributed by atoms with E-state index >= 15 is 0 Å². The zero-order chi connectivity index (χ0) is 97.2. The lowest BCUT2D eigenvalue weighted by atomic mass is 9.77. The number of carbonyl (C=O) groups is 4. The minimum absolute atomic E-state index is 0.0255. The third-order valence-corrected chi connectivity index (χ3v) is 20.2. The van der Waals surface area contributed by atoms with Crippen molar-refractivity contribution < 1.29 is 131 Å². The summed E-state index contributed by atoms with van der Waals surface area (Å²) >= 11 is 0.897. The van der Waals surface area contributed by atoms with E-state index in [-0.39, 0.29) is 81.3 Å². The van der Waals surface area contributed by atoms with Gasteiger partial charge in [-0.1, -0.05) is 203 Å². The molecular formula is C93H79F18N11O11S. The number of hydrogen-bond donors (Lipinski definition) is 6. The fourth-order valence-electron chi connectivity index (χ4n) is 14.1. The number of ether oxygens (including phenoxy) is 7. The van der Waals surface area contributed by atoms with E-state index in [1.54, 1.807) is 148 Å². The van der Waals surface area contributed by atoms with Crippen LogP contribution in [0.15, 0.2) is 284 Å². The predicted molar refractivity (Wildman–Crippen MR) is 456 cm³/mol. The van der Waals surface area contributed by atoms with Crippen LogP contribution in [0.4, 0.5) is 110 Å². The Morgan fingerprint density at radius 1 is 0.358 bits per heavy atom. The lowest BCUT2D eigenvalue weighted by Gasteiger charge is -2.37. The summed E-state index contributed by atoms with van der Waals surface area (Å²) < 4.78 is 270. The van der Waals surface area contributed by atoms with Crippen LogP contribution in [0, 0.1) is 6.92 Å². The van der Waals surface area contributed by atoms with Gasteiger partial charge in [-0.3, -0.25) is 20.6 Å². The van der Waals surface area contributed by atoms with Crippen LogP contribution in [0.2, 0.25) is 0 Å². The number of hydrogen-bond acceptors (Lipinski definition) is 15. The van der Waals surface area contributed by atoms with Gasteiger partial charge in [-0.2, -0.15) is 10.2 Å². The number of alkyl halides is 18. The maximum Gasteiger partial charge on any atom is 0.573 e. The molecule has 13 aromatic rings. The molecule has 134 heavy (non-hydrogen) atoms. The molecule has 0 fully saturated rings. The normalized spacial score (nSPS) is 12.1. The molecule has 6 amide bonds. The van der Waals surface area contributed by atoms with Crippen molar-refractivity contribution in [1.82, 2.24) is 40.5 Å². The number of anilines is 3. The number of urea groups is 3. The Hall–Kier alpha value is -14.9. The Morgan fingerprint density at radius 3 is 0.933 bits per heavy atom. The number of benzene rings is 10. The average Bonchev–Trinajstić information content (AvgIpc) is 0.890. The number of rotatable bonds is 27. The van der Waals surface area contributed by atoms with Gasteiger partial charge in [0.1, 0.15) is 46.1 Å². The zero-order valence-corrected chi connectivity index (χ0v) is 71.7. The summed E-state index contributed by atoms with van der Waals surface area (Å²) in [5, 5.41) is 26.6. The molecule has 22 nitrogen and oxygen atoms in total. The monoisotopic (exact) mass is 1900 g/mol. The second kappa shape index (κ2) is 41.7. The van der Waals surface area contributed by atoms with E-state index in [9.17, 15) is 98.2 Å². The molecule has 0 saturated heterocycles. The Balaban J connectivity index is 0.000000194. The van der Waals surface area contributed by atoms with Gasteiger partial charge in [0.25, 0.3) is 0 Å². The van der Waals surface area contributed by atoms with Crippen LogP contribution in [0.25, 0.3) is 5.69 Å². The minimum atomic E-state index is -5.05. The number of aryl methyl sites for hydroxylation is 2. The van der Waals surface area contributed by atoms with Gasteiger partial charge in [-0.15, -0.1) is 90.4 Å². The van der Waals surface area contributed by atoms with Gasteiger partial charge in [-0.05, 0) is 149 Å². The average molecular weight is 1900 g/mol. The lowest BCUT2D eigenvalue weighted by molar-refractivity contribution is -0.275. The highest BCUT2D eigenvalue weighted by atomic mass is 32.1. The highest BCUT2D eigenvalue weighted by molar-refractivity contribution is 7.14. The summed E-state index contributed by atoms with van der Waals surface area (Å²) in [4.78, 5) is 57.2. The molecule has 3 aromatic heterocycles.